The summed E-state index contributed by atoms with van der Waals surface area (Å²) in [5.41, 5.74) is 2.41. The van der Waals surface area contributed by atoms with Gasteiger partial charge in [-0.3, -0.25) is 4.57 Å². The number of phenolic OH excluding ortho intramolecular Hbond substituents is 1. The molecule has 0 radical (unpaired) electrons. The zero-order valence-electron chi connectivity index (χ0n) is 16.4. The van der Waals surface area contributed by atoms with Crippen molar-refractivity contribution >= 4 is 22.7 Å². The highest BCUT2D eigenvalue weighted by atomic mass is 16.5. The zero-order chi connectivity index (χ0) is 19.7. The van der Waals surface area contributed by atoms with E-state index in [0.717, 1.165) is 48.3 Å². The fourth-order valence-electron chi connectivity index (χ4n) is 4.03. The van der Waals surface area contributed by atoms with Crippen LogP contribution >= 0.6 is 0 Å². The summed E-state index contributed by atoms with van der Waals surface area (Å²) in [5, 5.41) is 10.8. The highest BCUT2D eigenvalue weighted by Crippen LogP contribution is 2.39. The third-order valence-corrected chi connectivity index (χ3v) is 5.50. The molecular weight excluding hydrogens is 352 g/mol. The second-order valence-corrected chi connectivity index (χ2v) is 7.46. The van der Waals surface area contributed by atoms with Crippen LogP contribution < -0.4 is 4.90 Å². The third-order valence-electron chi connectivity index (χ3n) is 5.50. The van der Waals surface area contributed by atoms with Crippen LogP contribution in [0, 0.1) is 5.92 Å². The molecule has 1 saturated heterocycles. The molecule has 0 bridgehead atoms. The Morgan fingerprint density at radius 3 is 2.54 bits per heavy atom. The van der Waals surface area contributed by atoms with E-state index in [1.807, 2.05) is 43.3 Å². The van der Waals surface area contributed by atoms with Crippen LogP contribution in [0.15, 0.2) is 48.5 Å². The predicted molar refractivity (Wildman–Crippen MR) is 112 cm³/mol. The average Bonchev–Trinajstić information content (AvgIpc) is 3.03. The smallest absolute Gasteiger partial charge is 0.342 e. The molecule has 2 heterocycles. The molecule has 0 aliphatic carbocycles. The second kappa shape index (κ2) is 7.58. The fraction of sp³-hybridized carbons (Fsp3) is 0.348. The maximum Gasteiger partial charge on any atom is 0.342 e. The van der Waals surface area contributed by atoms with Crippen LogP contribution in [-0.4, -0.2) is 35.3 Å². The van der Waals surface area contributed by atoms with Crippen LogP contribution in [0.4, 0.5) is 5.82 Å². The van der Waals surface area contributed by atoms with Crippen molar-refractivity contribution in [2.24, 2.45) is 5.92 Å². The van der Waals surface area contributed by atoms with Crippen molar-refractivity contribution in [2.75, 3.05) is 24.6 Å². The van der Waals surface area contributed by atoms with Crippen LogP contribution in [0.3, 0.4) is 0 Å². The van der Waals surface area contributed by atoms with E-state index in [2.05, 4.69) is 16.4 Å². The van der Waals surface area contributed by atoms with Gasteiger partial charge >= 0.3 is 5.97 Å². The van der Waals surface area contributed by atoms with Gasteiger partial charge in [0, 0.05) is 24.2 Å². The first-order valence-corrected chi connectivity index (χ1v) is 9.95. The Bertz CT molecular complexity index is 986. The van der Waals surface area contributed by atoms with Gasteiger partial charge in [-0.15, -0.1) is 0 Å². The summed E-state index contributed by atoms with van der Waals surface area (Å²) in [6.45, 7) is 6.18. The summed E-state index contributed by atoms with van der Waals surface area (Å²) in [5.74, 6) is 1.33. The van der Waals surface area contributed by atoms with Gasteiger partial charge in [-0.2, -0.15) is 0 Å². The molecule has 146 valence electrons. The number of anilines is 1. The van der Waals surface area contributed by atoms with E-state index >= 15 is 0 Å². The molecule has 5 heteroatoms. The Morgan fingerprint density at radius 2 is 1.86 bits per heavy atom. The van der Waals surface area contributed by atoms with E-state index in [4.69, 9.17) is 4.74 Å². The normalized spacial score (nSPS) is 15.1. The molecule has 0 atom stereocenters. The molecule has 1 N–H and O–H groups in total. The number of esters is 1. The number of piperidine rings is 1. The van der Waals surface area contributed by atoms with Gasteiger partial charge in [0.15, 0.2) is 0 Å². The molecule has 1 aliphatic rings. The highest BCUT2D eigenvalue weighted by Gasteiger charge is 2.30. The number of fused-ring (bicyclic) bond motifs is 1. The number of carbonyl (C=O) groups is 1. The summed E-state index contributed by atoms with van der Waals surface area (Å²) in [4.78, 5) is 15.3. The summed E-state index contributed by atoms with van der Waals surface area (Å²) >= 11 is 0. The fourth-order valence-corrected chi connectivity index (χ4v) is 4.03. The third kappa shape index (κ3) is 3.21. The number of aromatic hydroxyl groups is 1. The highest BCUT2D eigenvalue weighted by molar-refractivity contribution is 6.11. The number of carbonyl (C=O) groups excluding carboxylic acids is 1. The van der Waals surface area contributed by atoms with Crippen LogP contribution in [0.2, 0.25) is 0 Å². The van der Waals surface area contributed by atoms with Crippen molar-refractivity contribution in [3.63, 3.8) is 0 Å². The number of phenols is 1. The number of benzene rings is 2. The second-order valence-electron chi connectivity index (χ2n) is 7.46. The van der Waals surface area contributed by atoms with E-state index in [1.165, 1.54) is 0 Å². The van der Waals surface area contributed by atoms with Gasteiger partial charge in [-0.25, -0.2) is 4.79 Å². The van der Waals surface area contributed by atoms with Gasteiger partial charge in [0.1, 0.15) is 17.1 Å². The van der Waals surface area contributed by atoms with E-state index in [9.17, 15) is 9.90 Å². The van der Waals surface area contributed by atoms with E-state index in [0.29, 0.717) is 18.1 Å². The Hall–Kier alpha value is -2.95. The molecule has 1 aliphatic heterocycles. The zero-order valence-corrected chi connectivity index (χ0v) is 16.4. The van der Waals surface area contributed by atoms with E-state index in [-0.39, 0.29) is 11.7 Å². The SMILES string of the molecule is CCOC(=O)c1c(N2CCC(C)CC2)n(-c2ccccc2)c2ccc(O)cc12. The van der Waals surface area contributed by atoms with Gasteiger partial charge in [-0.05, 0) is 56.0 Å². The minimum absolute atomic E-state index is 0.141. The van der Waals surface area contributed by atoms with Gasteiger partial charge < -0.3 is 14.7 Å². The molecule has 0 amide bonds. The first-order valence-electron chi connectivity index (χ1n) is 9.95. The summed E-state index contributed by atoms with van der Waals surface area (Å²) in [6, 6.07) is 15.2. The molecule has 1 aromatic heterocycles. The molecule has 2 aromatic carbocycles. The topological polar surface area (TPSA) is 54.7 Å². The standard InChI is InChI=1S/C23H26N2O3/c1-3-28-23(27)21-19-15-18(26)9-10-20(19)25(17-7-5-4-6-8-17)22(21)24-13-11-16(2)12-14-24/h4-10,15-16,26H,3,11-14H2,1-2H3. The number of hydrogen-bond acceptors (Lipinski definition) is 4. The van der Waals surface area contributed by atoms with Gasteiger partial charge in [-0.1, -0.05) is 25.1 Å². The predicted octanol–water partition coefficient (Wildman–Crippen LogP) is 4.75. The Kier molecular flexibility index (Phi) is 4.99. The Balaban J connectivity index is 2.01. The molecule has 0 saturated carbocycles. The van der Waals surface area contributed by atoms with Crippen molar-refractivity contribution in [1.82, 2.24) is 4.57 Å². The van der Waals surface area contributed by atoms with Crippen molar-refractivity contribution in [3.8, 4) is 11.4 Å². The average molecular weight is 378 g/mol. The monoisotopic (exact) mass is 378 g/mol. The number of ether oxygens (including phenoxy) is 1. The first kappa shape index (κ1) is 18.4. The number of para-hydroxylation sites is 1. The molecule has 4 rings (SSSR count). The molecule has 3 aromatic rings. The summed E-state index contributed by atoms with van der Waals surface area (Å²) < 4.78 is 7.54. The summed E-state index contributed by atoms with van der Waals surface area (Å²) in [7, 11) is 0. The van der Waals surface area contributed by atoms with Gasteiger partial charge in [0.2, 0.25) is 0 Å². The lowest BCUT2D eigenvalue weighted by molar-refractivity contribution is 0.0529. The van der Waals surface area contributed by atoms with Gasteiger partial charge in [0.05, 0.1) is 12.1 Å². The van der Waals surface area contributed by atoms with Crippen molar-refractivity contribution in [2.45, 2.75) is 26.7 Å². The Labute approximate surface area is 165 Å². The lowest BCUT2D eigenvalue weighted by atomic mass is 9.99. The van der Waals surface area contributed by atoms with Crippen molar-refractivity contribution in [3.05, 3.63) is 54.1 Å². The van der Waals surface area contributed by atoms with Crippen LogP contribution in [0.5, 0.6) is 5.75 Å². The molecule has 5 nitrogen and oxygen atoms in total. The molecule has 0 spiro atoms. The Morgan fingerprint density at radius 1 is 1.14 bits per heavy atom. The molecule has 1 fully saturated rings. The molecule has 0 unspecified atom stereocenters. The number of aromatic nitrogens is 1. The largest absolute Gasteiger partial charge is 0.508 e. The maximum absolute atomic E-state index is 13.0. The number of hydrogen-bond donors (Lipinski definition) is 1. The first-order chi connectivity index (χ1) is 13.6. The summed E-state index contributed by atoms with van der Waals surface area (Å²) in [6.07, 6.45) is 2.17. The van der Waals surface area contributed by atoms with Crippen molar-refractivity contribution in [1.29, 1.82) is 0 Å². The minimum Gasteiger partial charge on any atom is -0.508 e. The maximum atomic E-state index is 13.0. The van der Waals surface area contributed by atoms with Crippen LogP contribution in [-0.2, 0) is 4.74 Å². The lowest BCUT2D eigenvalue weighted by Gasteiger charge is -2.33. The quantitative estimate of drug-likeness (QED) is 0.666. The van der Waals surface area contributed by atoms with E-state index in [1.54, 1.807) is 12.1 Å². The van der Waals surface area contributed by atoms with Crippen LogP contribution in [0.25, 0.3) is 16.6 Å². The van der Waals surface area contributed by atoms with Crippen molar-refractivity contribution < 1.29 is 14.6 Å². The molecular formula is C23H26N2O3. The lowest BCUT2D eigenvalue weighted by Crippen LogP contribution is -2.35. The molecule has 28 heavy (non-hydrogen) atoms. The number of rotatable bonds is 4. The van der Waals surface area contributed by atoms with E-state index < -0.39 is 0 Å². The minimum atomic E-state index is -0.346. The number of nitrogens with zero attached hydrogens (tertiary/aromatic N) is 2. The van der Waals surface area contributed by atoms with Gasteiger partial charge in [0.25, 0.3) is 0 Å². The van der Waals surface area contributed by atoms with Crippen LogP contribution in [0.1, 0.15) is 37.0 Å².